The Morgan fingerprint density at radius 2 is 1.64 bits per heavy atom. The predicted molar refractivity (Wildman–Crippen MR) is 96.4 cm³/mol. The number of carbonyl (C=O) groups excluding carboxylic acids is 1. The highest BCUT2D eigenvalue weighted by Crippen LogP contribution is 2.27. The van der Waals surface area contributed by atoms with Gasteiger partial charge in [-0.2, -0.15) is 0 Å². The van der Waals surface area contributed by atoms with Crippen molar-refractivity contribution < 1.29 is 22.5 Å². The minimum Gasteiger partial charge on any atom is -0.368 e. The second-order valence-corrected chi connectivity index (χ2v) is 6.45. The van der Waals surface area contributed by atoms with E-state index >= 15 is 0 Å². The third-order valence-corrected chi connectivity index (χ3v) is 4.74. The monoisotopic (exact) mass is 387 g/mol. The number of halogens is 3. The maximum atomic E-state index is 13.5. The Kier molecular flexibility index (Phi) is 4.77. The molecule has 5 nitrogen and oxygen atoms in total. The topological polar surface area (TPSA) is 49.6 Å². The Bertz CT molecular complexity index is 996. The number of nitrogens with zero attached hydrogens (tertiary/aromatic N) is 3. The number of rotatable bonds is 3. The van der Waals surface area contributed by atoms with Gasteiger partial charge in [-0.25, -0.2) is 13.2 Å². The van der Waals surface area contributed by atoms with Gasteiger partial charge in [0, 0.05) is 37.4 Å². The summed E-state index contributed by atoms with van der Waals surface area (Å²) in [6, 6.07) is 9.49. The van der Waals surface area contributed by atoms with Crippen LogP contribution in [0, 0.1) is 17.5 Å². The summed E-state index contributed by atoms with van der Waals surface area (Å²) in [6.45, 7) is 2.09. The highest BCUT2D eigenvalue weighted by atomic mass is 19.2. The average molecular weight is 387 g/mol. The van der Waals surface area contributed by atoms with Crippen molar-refractivity contribution in [2.24, 2.45) is 0 Å². The molecule has 3 aromatic rings. The van der Waals surface area contributed by atoms with Crippen LogP contribution in [-0.4, -0.2) is 42.1 Å². The number of hydrogen-bond acceptors (Lipinski definition) is 4. The summed E-state index contributed by atoms with van der Waals surface area (Å²) < 4.78 is 44.9. The highest BCUT2D eigenvalue weighted by Gasteiger charge is 2.27. The summed E-state index contributed by atoms with van der Waals surface area (Å²) >= 11 is 0. The van der Waals surface area contributed by atoms with E-state index in [2.05, 4.69) is 10.1 Å². The normalized spacial score (nSPS) is 14.4. The van der Waals surface area contributed by atoms with Crippen LogP contribution < -0.4 is 4.90 Å². The maximum Gasteiger partial charge on any atom is 0.259 e. The van der Waals surface area contributed by atoms with Gasteiger partial charge in [0.15, 0.2) is 17.4 Å². The van der Waals surface area contributed by atoms with Crippen LogP contribution in [0.25, 0.3) is 11.3 Å². The number of carbonyl (C=O) groups is 1. The van der Waals surface area contributed by atoms with Crippen molar-refractivity contribution in [3.63, 3.8) is 0 Å². The lowest BCUT2D eigenvalue weighted by molar-refractivity contribution is 0.0747. The first-order valence-corrected chi connectivity index (χ1v) is 8.73. The predicted octanol–water partition coefficient (Wildman–Crippen LogP) is 3.72. The lowest BCUT2D eigenvalue weighted by Crippen LogP contribution is -2.48. The van der Waals surface area contributed by atoms with Gasteiger partial charge in [-0.15, -0.1) is 0 Å². The van der Waals surface area contributed by atoms with Crippen LogP contribution >= 0.6 is 0 Å². The van der Waals surface area contributed by atoms with Gasteiger partial charge in [0.05, 0.1) is 6.20 Å². The van der Waals surface area contributed by atoms with Crippen molar-refractivity contribution in [1.82, 2.24) is 10.1 Å². The van der Waals surface area contributed by atoms with Crippen LogP contribution in [0.2, 0.25) is 0 Å². The molecule has 0 saturated carbocycles. The number of piperazine rings is 1. The molecule has 1 fully saturated rings. The molecule has 1 aliphatic rings. The molecular formula is C20H16F3N3O2. The highest BCUT2D eigenvalue weighted by molar-refractivity contribution is 5.99. The zero-order valence-corrected chi connectivity index (χ0v) is 14.7. The van der Waals surface area contributed by atoms with E-state index in [1.807, 2.05) is 0 Å². The lowest BCUT2D eigenvalue weighted by atomic mass is 10.1. The quantitative estimate of drug-likeness (QED) is 0.687. The summed E-state index contributed by atoms with van der Waals surface area (Å²) in [6.07, 6.45) is 1.28. The van der Waals surface area contributed by atoms with Gasteiger partial charge in [0.2, 0.25) is 0 Å². The molecule has 4 rings (SSSR count). The van der Waals surface area contributed by atoms with Gasteiger partial charge in [0.25, 0.3) is 5.91 Å². The number of hydrogen-bond donors (Lipinski definition) is 0. The van der Waals surface area contributed by atoms with Crippen molar-refractivity contribution >= 4 is 11.6 Å². The second-order valence-electron chi connectivity index (χ2n) is 6.45. The van der Waals surface area contributed by atoms with Crippen LogP contribution in [0.3, 0.4) is 0 Å². The van der Waals surface area contributed by atoms with Gasteiger partial charge >= 0.3 is 0 Å². The molecule has 2 heterocycles. The van der Waals surface area contributed by atoms with Crippen LogP contribution in [0.1, 0.15) is 10.4 Å². The fraction of sp³-hybridized carbons (Fsp3) is 0.200. The van der Waals surface area contributed by atoms with Gasteiger partial charge in [-0.1, -0.05) is 5.16 Å². The molecule has 8 heteroatoms. The van der Waals surface area contributed by atoms with E-state index in [4.69, 9.17) is 4.52 Å². The molecule has 28 heavy (non-hydrogen) atoms. The zero-order chi connectivity index (χ0) is 19.7. The molecule has 0 aliphatic carbocycles. The molecule has 1 amide bonds. The van der Waals surface area contributed by atoms with Gasteiger partial charge in [-0.05, 0) is 42.5 Å². The Labute approximate surface area is 159 Å². The summed E-state index contributed by atoms with van der Waals surface area (Å²) in [4.78, 5) is 16.6. The SMILES string of the molecule is O=C(c1cnoc1-c1ccc(F)c(F)c1)N1CCN(c2ccc(F)cc2)CC1. The van der Waals surface area contributed by atoms with Crippen LogP contribution in [0.5, 0.6) is 0 Å². The first-order chi connectivity index (χ1) is 13.5. The van der Waals surface area contributed by atoms with Crippen molar-refractivity contribution in [1.29, 1.82) is 0 Å². The Balaban J connectivity index is 1.48. The molecule has 0 atom stereocenters. The largest absolute Gasteiger partial charge is 0.368 e. The standard InChI is InChI=1S/C20H16F3N3O2/c21-14-2-4-15(5-3-14)25-7-9-26(10-8-25)20(27)16-12-24-28-19(16)13-1-6-17(22)18(23)11-13/h1-6,11-12H,7-10H2. The minimum absolute atomic E-state index is 0.102. The van der Waals surface area contributed by atoms with Crippen LogP contribution in [0.15, 0.2) is 53.2 Å². The molecule has 0 radical (unpaired) electrons. The van der Waals surface area contributed by atoms with E-state index in [1.54, 1.807) is 17.0 Å². The average Bonchev–Trinajstić information content (AvgIpc) is 3.20. The zero-order valence-electron chi connectivity index (χ0n) is 14.7. The summed E-state index contributed by atoms with van der Waals surface area (Å²) in [7, 11) is 0. The molecule has 144 valence electrons. The van der Waals surface area contributed by atoms with Gasteiger partial charge < -0.3 is 14.3 Å². The molecule has 0 unspecified atom stereocenters. The summed E-state index contributed by atoms with van der Waals surface area (Å²) in [5.41, 5.74) is 1.33. The number of amides is 1. The molecule has 1 aliphatic heterocycles. The van der Waals surface area contributed by atoms with E-state index in [1.165, 1.54) is 24.4 Å². The van der Waals surface area contributed by atoms with Crippen LogP contribution in [0.4, 0.5) is 18.9 Å². The fourth-order valence-corrected chi connectivity index (χ4v) is 3.23. The van der Waals surface area contributed by atoms with E-state index in [0.717, 1.165) is 17.8 Å². The third kappa shape index (κ3) is 3.45. The summed E-state index contributed by atoms with van der Waals surface area (Å²) in [5.74, 6) is -2.49. The van der Waals surface area contributed by atoms with E-state index < -0.39 is 11.6 Å². The molecule has 2 aromatic carbocycles. The summed E-state index contributed by atoms with van der Waals surface area (Å²) in [5, 5.41) is 3.65. The number of aromatic nitrogens is 1. The fourth-order valence-electron chi connectivity index (χ4n) is 3.23. The smallest absolute Gasteiger partial charge is 0.259 e. The number of benzene rings is 2. The van der Waals surface area contributed by atoms with Gasteiger partial charge in [-0.3, -0.25) is 4.79 Å². The van der Waals surface area contributed by atoms with Gasteiger partial charge in [0.1, 0.15) is 11.4 Å². The molecular weight excluding hydrogens is 371 g/mol. The molecule has 1 aromatic heterocycles. The minimum atomic E-state index is -1.03. The second kappa shape index (κ2) is 7.38. The maximum absolute atomic E-state index is 13.5. The van der Waals surface area contributed by atoms with Crippen LogP contribution in [-0.2, 0) is 0 Å². The van der Waals surface area contributed by atoms with Crippen molar-refractivity contribution in [2.75, 3.05) is 31.1 Å². The lowest BCUT2D eigenvalue weighted by Gasteiger charge is -2.36. The van der Waals surface area contributed by atoms with Crippen molar-refractivity contribution in [3.8, 4) is 11.3 Å². The van der Waals surface area contributed by atoms with Crippen molar-refractivity contribution in [3.05, 3.63) is 71.7 Å². The molecule has 0 N–H and O–H groups in total. The van der Waals surface area contributed by atoms with E-state index in [-0.39, 0.29) is 28.6 Å². The Hall–Kier alpha value is -3.29. The first kappa shape index (κ1) is 18.1. The Morgan fingerprint density at radius 1 is 0.929 bits per heavy atom. The number of anilines is 1. The molecule has 0 spiro atoms. The van der Waals surface area contributed by atoms with Crippen molar-refractivity contribution in [2.45, 2.75) is 0 Å². The molecule has 1 saturated heterocycles. The molecule has 0 bridgehead atoms. The van der Waals surface area contributed by atoms with E-state index in [9.17, 15) is 18.0 Å². The first-order valence-electron chi connectivity index (χ1n) is 8.73. The Morgan fingerprint density at radius 3 is 2.32 bits per heavy atom. The third-order valence-electron chi connectivity index (χ3n) is 4.74. The van der Waals surface area contributed by atoms with E-state index in [0.29, 0.717) is 26.2 Å².